The van der Waals surface area contributed by atoms with Gasteiger partial charge >= 0.3 is 11.7 Å². The molecule has 0 saturated heterocycles. The molecule has 0 unspecified atom stereocenters. The predicted octanol–water partition coefficient (Wildman–Crippen LogP) is -2.06. The summed E-state index contributed by atoms with van der Waals surface area (Å²) in [5.74, 6) is -1.45. The third-order valence-electron chi connectivity index (χ3n) is 4.00. The van der Waals surface area contributed by atoms with Crippen molar-refractivity contribution in [2.75, 3.05) is 0 Å². The second kappa shape index (κ2) is 7.41. The second-order valence-corrected chi connectivity index (χ2v) is 5.72. The Hall–Kier alpha value is -2.46. The third-order valence-corrected chi connectivity index (χ3v) is 4.00. The van der Waals surface area contributed by atoms with E-state index >= 15 is 0 Å². The predicted molar refractivity (Wildman–Crippen MR) is 80.4 cm³/mol. The van der Waals surface area contributed by atoms with Crippen LogP contribution in [0.1, 0.15) is 31.7 Å². The Labute approximate surface area is 135 Å². The normalized spacial score (nSPS) is 26.2. The fourth-order valence-corrected chi connectivity index (χ4v) is 2.79. The van der Waals surface area contributed by atoms with Gasteiger partial charge < -0.3 is 20.6 Å². The number of hydrogen-bond acceptors (Lipinski definition) is 6. The number of carbonyl (C=O) groups excluding carboxylic acids is 1. The molecule has 1 saturated carbocycles. The lowest BCUT2D eigenvalue weighted by molar-refractivity contribution is -0.137. The molecule has 1 heterocycles. The molecule has 2 rings (SSSR count). The summed E-state index contributed by atoms with van der Waals surface area (Å²) in [6.45, 7) is 0. The van der Waals surface area contributed by atoms with Crippen molar-refractivity contribution in [3.8, 4) is 0 Å². The highest BCUT2D eigenvalue weighted by atomic mass is 16.4. The van der Waals surface area contributed by atoms with Crippen LogP contribution in [0.4, 0.5) is 0 Å². The molecule has 0 aliphatic heterocycles. The van der Waals surface area contributed by atoms with Gasteiger partial charge in [0.15, 0.2) is 0 Å². The third kappa shape index (κ3) is 4.09. The summed E-state index contributed by atoms with van der Waals surface area (Å²) in [6.07, 6.45) is -1.25. The SMILES string of the molecule is O=C(O)CCCC(=O)N[C@@H]1C[C@H](n2ccc(=O)[nH]c2=O)[C@H](O)[C@@H]1O. The number of carbonyl (C=O) groups is 2. The number of carboxylic acid groups (broad SMARTS) is 1. The summed E-state index contributed by atoms with van der Waals surface area (Å²) in [7, 11) is 0. The summed E-state index contributed by atoms with van der Waals surface area (Å²) in [5.41, 5.74) is -1.29. The highest BCUT2D eigenvalue weighted by molar-refractivity contribution is 5.77. The molecule has 0 bridgehead atoms. The molecular formula is C14H19N3O7. The quantitative estimate of drug-likeness (QED) is 0.397. The molecule has 0 radical (unpaired) electrons. The van der Waals surface area contributed by atoms with Crippen LogP contribution in [-0.2, 0) is 9.59 Å². The maximum Gasteiger partial charge on any atom is 0.328 e. The van der Waals surface area contributed by atoms with Crippen LogP contribution in [0.3, 0.4) is 0 Å². The molecule has 1 aliphatic rings. The first kappa shape index (κ1) is 17.9. The maximum atomic E-state index is 11.8. The summed E-state index contributed by atoms with van der Waals surface area (Å²) < 4.78 is 1.10. The summed E-state index contributed by atoms with van der Waals surface area (Å²) in [4.78, 5) is 47.1. The van der Waals surface area contributed by atoms with Gasteiger partial charge in [-0.25, -0.2) is 4.79 Å². The van der Waals surface area contributed by atoms with E-state index in [9.17, 15) is 29.4 Å². The molecule has 1 aromatic heterocycles. The Bertz CT molecular complexity index is 726. The van der Waals surface area contributed by atoms with Crippen molar-refractivity contribution in [1.82, 2.24) is 14.9 Å². The van der Waals surface area contributed by atoms with E-state index in [0.29, 0.717) is 0 Å². The number of aliphatic hydroxyl groups is 2. The van der Waals surface area contributed by atoms with E-state index in [-0.39, 0.29) is 25.7 Å². The number of amides is 1. The van der Waals surface area contributed by atoms with Crippen molar-refractivity contribution in [3.63, 3.8) is 0 Å². The van der Waals surface area contributed by atoms with Gasteiger partial charge in [0.25, 0.3) is 5.56 Å². The van der Waals surface area contributed by atoms with Crippen LogP contribution in [0.5, 0.6) is 0 Å². The molecule has 1 fully saturated rings. The number of aromatic amines is 1. The first-order valence-corrected chi connectivity index (χ1v) is 7.48. The van der Waals surface area contributed by atoms with E-state index < -0.39 is 47.4 Å². The highest BCUT2D eigenvalue weighted by Crippen LogP contribution is 2.29. The summed E-state index contributed by atoms with van der Waals surface area (Å²) >= 11 is 0. The van der Waals surface area contributed by atoms with E-state index in [0.717, 1.165) is 10.6 Å². The Morgan fingerprint density at radius 3 is 2.58 bits per heavy atom. The number of aliphatic carboxylic acids is 1. The van der Waals surface area contributed by atoms with Crippen molar-refractivity contribution in [2.45, 2.75) is 50.0 Å². The number of hydrogen-bond donors (Lipinski definition) is 5. The molecule has 5 N–H and O–H groups in total. The molecule has 10 nitrogen and oxygen atoms in total. The number of nitrogens with zero attached hydrogens (tertiary/aromatic N) is 1. The molecule has 10 heteroatoms. The molecular weight excluding hydrogens is 322 g/mol. The molecule has 1 aromatic rings. The molecule has 1 amide bonds. The lowest BCUT2D eigenvalue weighted by atomic mass is 10.1. The smallest absolute Gasteiger partial charge is 0.328 e. The van der Waals surface area contributed by atoms with E-state index in [2.05, 4.69) is 10.3 Å². The van der Waals surface area contributed by atoms with Crippen LogP contribution in [0.15, 0.2) is 21.9 Å². The van der Waals surface area contributed by atoms with Gasteiger partial charge in [-0.1, -0.05) is 0 Å². The number of H-pyrrole nitrogens is 1. The highest BCUT2D eigenvalue weighted by Gasteiger charge is 2.43. The molecule has 0 aromatic carbocycles. The van der Waals surface area contributed by atoms with Gasteiger partial charge in [-0.05, 0) is 12.8 Å². The van der Waals surface area contributed by atoms with Crippen LogP contribution >= 0.6 is 0 Å². The molecule has 0 spiro atoms. The molecule has 132 valence electrons. The van der Waals surface area contributed by atoms with Crippen molar-refractivity contribution in [2.24, 2.45) is 0 Å². The molecule has 4 atom stereocenters. The van der Waals surface area contributed by atoms with Gasteiger partial charge in [-0.2, -0.15) is 0 Å². The Balaban J connectivity index is 2.02. The maximum absolute atomic E-state index is 11.8. The average molecular weight is 341 g/mol. The number of rotatable bonds is 6. The van der Waals surface area contributed by atoms with E-state index in [1.165, 1.54) is 6.20 Å². The Morgan fingerprint density at radius 1 is 1.25 bits per heavy atom. The first-order valence-electron chi connectivity index (χ1n) is 7.48. The van der Waals surface area contributed by atoms with Gasteiger partial charge in [0.05, 0.1) is 12.1 Å². The minimum atomic E-state index is -1.29. The summed E-state index contributed by atoms with van der Waals surface area (Å²) in [6, 6.07) is -0.451. The van der Waals surface area contributed by atoms with Gasteiger partial charge in [-0.3, -0.25) is 23.9 Å². The largest absolute Gasteiger partial charge is 0.481 e. The minimum Gasteiger partial charge on any atom is -0.481 e. The van der Waals surface area contributed by atoms with Gasteiger partial charge in [0.2, 0.25) is 5.91 Å². The number of carboxylic acids is 1. The van der Waals surface area contributed by atoms with E-state index in [1.54, 1.807) is 0 Å². The van der Waals surface area contributed by atoms with Gasteiger partial charge in [0.1, 0.15) is 12.2 Å². The van der Waals surface area contributed by atoms with Crippen molar-refractivity contribution >= 4 is 11.9 Å². The first-order chi connectivity index (χ1) is 11.3. The lowest BCUT2D eigenvalue weighted by Crippen LogP contribution is -2.43. The van der Waals surface area contributed by atoms with Crippen molar-refractivity contribution in [1.29, 1.82) is 0 Å². The van der Waals surface area contributed by atoms with E-state index in [1.807, 2.05) is 0 Å². The topological polar surface area (TPSA) is 162 Å². The van der Waals surface area contributed by atoms with Crippen LogP contribution in [0.25, 0.3) is 0 Å². The average Bonchev–Trinajstić information content (AvgIpc) is 2.75. The standard InChI is InChI=1S/C14H19N3O7/c18-9(2-1-3-11(20)21)15-7-6-8(13(23)12(7)22)17-5-4-10(19)16-14(17)24/h4-5,7-8,12-13,22-23H,1-3,6H2,(H,15,18)(H,20,21)(H,16,19,24)/t7-,8+,12-,13+/m1/s1. The fourth-order valence-electron chi connectivity index (χ4n) is 2.79. The van der Waals surface area contributed by atoms with Crippen LogP contribution < -0.4 is 16.6 Å². The zero-order chi connectivity index (χ0) is 17.9. The van der Waals surface area contributed by atoms with E-state index in [4.69, 9.17) is 5.11 Å². The van der Waals surface area contributed by atoms with Gasteiger partial charge in [-0.15, -0.1) is 0 Å². The fraction of sp³-hybridized carbons (Fsp3) is 0.571. The van der Waals surface area contributed by atoms with Crippen molar-refractivity contribution in [3.05, 3.63) is 33.1 Å². The van der Waals surface area contributed by atoms with Crippen LogP contribution in [0, 0.1) is 0 Å². The second-order valence-electron chi connectivity index (χ2n) is 5.72. The van der Waals surface area contributed by atoms with Gasteiger partial charge in [0, 0.05) is 25.1 Å². The number of aliphatic hydroxyl groups excluding tert-OH is 2. The molecule has 1 aliphatic carbocycles. The zero-order valence-electron chi connectivity index (χ0n) is 12.7. The lowest BCUT2D eigenvalue weighted by Gasteiger charge is -2.18. The van der Waals surface area contributed by atoms with Crippen LogP contribution in [-0.4, -0.2) is 55.0 Å². The number of nitrogens with one attached hydrogen (secondary N) is 2. The Morgan fingerprint density at radius 2 is 1.96 bits per heavy atom. The van der Waals surface area contributed by atoms with Crippen LogP contribution in [0.2, 0.25) is 0 Å². The molecule has 24 heavy (non-hydrogen) atoms. The monoisotopic (exact) mass is 341 g/mol. The minimum absolute atomic E-state index is 0.0190. The summed E-state index contributed by atoms with van der Waals surface area (Å²) in [5, 5.41) is 31.2. The zero-order valence-corrected chi connectivity index (χ0v) is 12.7. The van der Waals surface area contributed by atoms with Crippen molar-refractivity contribution < 1.29 is 24.9 Å². The Kier molecular flexibility index (Phi) is 5.52. The number of aromatic nitrogens is 2.